The van der Waals surface area contributed by atoms with Crippen LogP contribution in [0, 0.1) is 0 Å². The Kier molecular flexibility index (Phi) is 2.99. The number of likely N-dealkylation sites (tertiary alicyclic amines) is 1. The third kappa shape index (κ3) is 1.88. The number of ketones is 1. The van der Waals surface area contributed by atoms with E-state index in [1.165, 1.54) is 0 Å². The smallest absolute Gasteiger partial charge is 0.236 e. The summed E-state index contributed by atoms with van der Waals surface area (Å²) in [4.78, 5) is 33.9. The van der Waals surface area contributed by atoms with Gasteiger partial charge in [-0.1, -0.05) is 0 Å². The molecule has 2 saturated heterocycles. The zero-order valence-corrected chi connectivity index (χ0v) is 8.35. The van der Waals surface area contributed by atoms with Crippen LogP contribution in [0.4, 0.5) is 0 Å². The van der Waals surface area contributed by atoms with Crippen LogP contribution >= 0.6 is 0 Å². The molecule has 0 saturated carbocycles. The van der Waals surface area contributed by atoms with E-state index in [0.29, 0.717) is 19.6 Å². The van der Waals surface area contributed by atoms with Gasteiger partial charge in [0.1, 0.15) is 6.61 Å². The number of rotatable bonds is 3. The van der Waals surface area contributed by atoms with E-state index in [4.69, 9.17) is 5.73 Å². The summed E-state index contributed by atoms with van der Waals surface area (Å²) in [5.74, 6) is -0.244. The Balaban J connectivity index is 2.00. The van der Waals surface area contributed by atoms with Gasteiger partial charge in [0.25, 0.3) is 0 Å². The van der Waals surface area contributed by atoms with Gasteiger partial charge in [0.05, 0.1) is 12.6 Å². The summed E-state index contributed by atoms with van der Waals surface area (Å²) in [5.41, 5.74) is 5.28. The molecule has 2 aliphatic heterocycles. The summed E-state index contributed by atoms with van der Waals surface area (Å²) < 4.78 is 0. The molecule has 0 aliphatic carbocycles. The number of hydrogen-bond acceptors (Lipinski definition) is 5. The molecule has 0 aromatic rings. The van der Waals surface area contributed by atoms with Gasteiger partial charge in [-0.15, -0.1) is 0 Å². The zero-order valence-electron chi connectivity index (χ0n) is 8.35. The third-order valence-electron chi connectivity index (χ3n) is 2.80. The molecule has 6 heteroatoms. The van der Waals surface area contributed by atoms with Gasteiger partial charge < -0.3 is 10.6 Å². The maximum absolute atomic E-state index is 11.8. The fourth-order valence-corrected chi connectivity index (χ4v) is 1.96. The average molecular weight is 214 g/mol. The Labute approximate surface area is 87.2 Å². The number of amides is 1. The lowest BCUT2D eigenvalue weighted by Crippen LogP contribution is -2.51. The highest BCUT2D eigenvalue weighted by Crippen LogP contribution is 2.22. The van der Waals surface area contributed by atoms with Crippen LogP contribution < -0.4 is 5.73 Å². The summed E-state index contributed by atoms with van der Waals surface area (Å²) in [5, 5.41) is 0. The zero-order chi connectivity index (χ0) is 10.8. The van der Waals surface area contributed by atoms with E-state index in [1.54, 1.807) is 4.90 Å². The van der Waals surface area contributed by atoms with Crippen molar-refractivity contribution in [1.29, 1.82) is 0 Å². The molecule has 2 aliphatic rings. The summed E-state index contributed by atoms with van der Waals surface area (Å²) in [6.45, 7) is 0.853. The lowest BCUT2D eigenvalue weighted by molar-refractivity contribution is -0.411. The van der Waals surface area contributed by atoms with E-state index in [2.05, 4.69) is 9.78 Å². The van der Waals surface area contributed by atoms with Crippen molar-refractivity contribution in [2.45, 2.75) is 25.0 Å². The highest BCUT2D eigenvalue weighted by Gasteiger charge is 2.40. The second-order valence-electron chi connectivity index (χ2n) is 3.72. The highest BCUT2D eigenvalue weighted by molar-refractivity contribution is 5.93. The molecule has 2 heterocycles. The van der Waals surface area contributed by atoms with Crippen molar-refractivity contribution in [2.24, 2.45) is 5.73 Å². The molecule has 0 spiro atoms. The number of Topliss-reactive ketones (excluding diaryl/α,β-unsaturated/α-hetero) is 1. The summed E-state index contributed by atoms with van der Waals surface area (Å²) in [6.07, 6.45) is 1.04. The maximum Gasteiger partial charge on any atom is 0.236 e. The molecule has 2 fully saturated rings. The first-order valence-electron chi connectivity index (χ1n) is 5.05. The monoisotopic (exact) mass is 214 g/mol. The van der Waals surface area contributed by atoms with Gasteiger partial charge in [0.15, 0.2) is 11.9 Å². The molecule has 0 aromatic carbocycles. The van der Waals surface area contributed by atoms with Gasteiger partial charge in [-0.05, 0) is 12.8 Å². The highest BCUT2D eigenvalue weighted by atomic mass is 17.2. The van der Waals surface area contributed by atoms with Crippen molar-refractivity contribution in [1.82, 2.24) is 4.90 Å². The largest absolute Gasteiger partial charge is 0.331 e. The first-order valence-corrected chi connectivity index (χ1v) is 5.05. The fraction of sp³-hybridized carbons (Fsp3) is 0.778. The van der Waals surface area contributed by atoms with E-state index < -0.39 is 6.10 Å². The molecule has 6 nitrogen and oxygen atoms in total. The van der Waals surface area contributed by atoms with Gasteiger partial charge in [0.2, 0.25) is 5.91 Å². The van der Waals surface area contributed by atoms with Gasteiger partial charge in [-0.3, -0.25) is 9.59 Å². The molecule has 1 amide bonds. The number of nitrogens with two attached hydrogens (primary N) is 1. The quantitative estimate of drug-likeness (QED) is 0.599. The lowest BCUT2D eigenvalue weighted by Gasteiger charge is -2.29. The van der Waals surface area contributed by atoms with Gasteiger partial charge in [-0.2, -0.15) is 0 Å². The number of hydrogen-bond donors (Lipinski definition) is 1. The second-order valence-corrected chi connectivity index (χ2v) is 3.72. The summed E-state index contributed by atoms with van der Waals surface area (Å²) in [6, 6.07) is -0.366. The molecule has 0 aromatic heterocycles. The Morgan fingerprint density at radius 1 is 1.47 bits per heavy atom. The van der Waals surface area contributed by atoms with Crippen molar-refractivity contribution in [2.75, 3.05) is 19.7 Å². The molecule has 84 valence electrons. The van der Waals surface area contributed by atoms with Crippen molar-refractivity contribution in [3.8, 4) is 0 Å². The Morgan fingerprint density at radius 2 is 2.20 bits per heavy atom. The van der Waals surface area contributed by atoms with Crippen LogP contribution in [0.3, 0.4) is 0 Å². The Bertz CT molecular complexity index is 277. The molecule has 2 N–H and O–H groups in total. The van der Waals surface area contributed by atoms with Crippen LogP contribution in [0.15, 0.2) is 0 Å². The van der Waals surface area contributed by atoms with Crippen LogP contribution in [-0.4, -0.2) is 48.4 Å². The Hall–Kier alpha value is -0.980. The van der Waals surface area contributed by atoms with Crippen LogP contribution in [0.1, 0.15) is 12.8 Å². The number of carbonyl (C=O) groups is 2. The van der Waals surface area contributed by atoms with Gasteiger partial charge >= 0.3 is 0 Å². The predicted octanol–water partition coefficient (Wildman–Crippen LogP) is -1.16. The molecule has 2 rings (SSSR count). The van der Waals surface area contributed by atoms with Crippen LogP contribution in [0.5, 0.6) is 0 Å². The number of nitrogens with zero attached hydrogens (tertiary/aromatic N) is 1. The summed E-state index contributed by atoms with van der Waals surface area (Å²) in [7, 11) is 0. The minimum absolute atomic E-state index is 0.0498. The second kappa shape index (κ2) is 4.26. The molecule has 15 heavy (non-hydrogen) atoms. The first-order chi connectivity index (χ1) is 7.24. The van der Waals surface area contributed by atoms with Crippen LogP contribution in [-0.2, 0) is 19.4 Å². The van der Waals surface area contributed by atoms with E-state index >= 15 is 0 Å². The van der Waals surface area contributed by atoms with Crippen molar-refractivity contribution >= 4 is 11.7 Å². The Morgan fingerprint density at radius 3 is 2.73 bits per heavy atom. The third-order valence-corrected chi connectivity index (χ3v) is 2.80. The summed E-state index contributed by atoms with van der Waals surface area (Å²) >= 11 is 0. The average Bonchev–Trinajstić information content (AvgIpc) is 2.62. The van der Waals surface area contributed by atoms with Gasteiger partial charge in [0, 0.05) is 6.54 Å². The van der Waals surface area contributed by atoms with E-state index in [1.807, 2.05) is 0 Å². The van der Waals surface area contributed by atoms with Crippen LogP contribution in [0.2, 0.25) is 0 Å². The molecule has 1 unspecified atom stereocenters. The van der Waals surface area contributed by atoms with Crippen molar-refractivity contribution < 1.29 is 19.4 Å². The minimum Gasteiger partial charge on any atom is -0.331 e. The molecular formula is C9H14N2O4. The van der Waals surface area contributed by atoms with E-state index in [0.717, 1.165) is 6.42 Å². The van der Waals surface area contributed by atoms with Gasteiger partial charge in [-0.25, -0.2) is 9.78 Å². The predicted molar refractivity (Wildman–Crippen MR) is 49.6 cm³/mol. The molecule has 0 radical (unpaired) electrons. The SMILES string of the molecule is NCC(=O)N1CCC[C@H]1C(=O)C1COO1. The minimum atomic E-state index is -0.499. The number of carbonyl (C=O) groups excluding carboxylic acids is 2. The van der Waals surface area contributed by atoms with E-state index in [9.17, 15) is 9.59 Å². The molecule has 2 atom stereocenters. The lowest BCUT2D eigenvalue weighted by atomic mass is 10.0. The molecule has 0 bridgehead atoms. The fourth-order valence-electron chi connectivity index (χ4n) is 1.96. The van der Waals surface area contributed by atoms with Crippen molar-refractivity contribution in [3.63, 3.8) is 0 Å². The first kappa shape index (κ1) is 10.5. The normalized spacial score (nSPS) is 30.1. The molecular weight excluding hydrogens is 200 g/mol. The van der Waals surface area contributed by atoms with Crippen molar-refractivity contribution in [3.05, 3.63) is 0 Å². The van der Waals surface area contributed by atoms with E-state index in [-0.39, 0.29) is 24.3 Å². The topological polar surface area (TPSA) is 81.9 Å². The maximum atomic E-state index is 11.8. The standard InChI is InChI=1S/C9H14N2O4/c10-4-8(12)11-3-1-2-6(11)9(13)7-5-14-15-7/h6-7H,1-5,10H2/t6-,7?/m0/s1. The van der Waals surface area contributed by atoms with Crippen LogP contribution in [0.25, 0.3) is 0 Å².